The van der Waals surface area contributed by atoms with Crippen LogP contribution in [0.5, 0.6) is 0 Å². The second-order valence-corrected chi connectivity index (χ2v) is 7.79. The summed E-state index contributed by atoms with van der Waals surface area (Å²) in [5, 5.41) is 24.4. The number of aliphatic hydroxyl groups excluding tert-OH is 1. The number of nitrogens with one attached hydrogen (secondary N) is 2. The van der Waals surface area contributed by atoms with Crippen molar-refractivity contribution < 1.29 is 29.4 Å². The molecular weight excluding hydrogens is 404 g/mol. The van der Waals surface area contributed by atoms with Crippen molar-refractivity contribution in [2.45, 2.75) is 63.4 Å². The molecule has 5 atom stereocenters. The van der Waals surface area contributed by atoms with Crippen LogP contribution in [-0.4, -0.2) is 75.6 Å². The molecule has 0 spiro atoms. The minimum atomic E-state index is -1.32. The molecule has 10 nitrogen and oxygen atoms in total. The highest BCUT2D eigenvalue weighted by molar-refractivity contribution is 5.94. The van der Waals surface area contributed by atoms with Crippen LogP contribution in [-0.2, 0) is 25.6 Å². The first-order valence-corrected chi connectivity index (χ1v) is 10.2. The molecule has 1 heterocycles. The van der Waals surface area contributed by atoms with Crippen molar-refractivity contribution in [3.8, 4) is 0 Å². The minimum Gasteiger partial charge on any atom is -0.480 e. The average Bonchev–Trinajstić information content (AvgIpc) is 3.21. The first-order chi connectivity index (χ1) is 14.6. The monoisotopic (exact) mass is 434 g/mol. The van der Waals surface area contributed by atoms with Crippen LogP contribution in [0.4, 0.5) is 0 Å². The molecule has 1 fully saturated rings. The number of rotatable bonds is 9. The van der Waals surface area contributed by atoms with Crippen molar-refractivity contribution in [2.24, 2.45) is 5.73 Å². The number of carboxylic acids is 1. The number of amides is 3. The zero-order valence-corrected chi connectivity index (χ0v) is 17.7. The lowest BCUT2D eigenvalue weighted by Crippen LogP contribution is -2.60. The average molecular weight is 434 g/mol. The quantitative estimate of drug-likeness (QED) is 0.333. The number of hydrogen-bond donors (Lipinski definition) is 5. The summed E-state index contributed by atoms with van der Waals surface area (Å²) in [6, 6.07) is 4.73. The maximum absolute atomic E-state index is 13.2. The van der Waals surface area contributed by atoms with E-state index in [1.165, 1.54) is 18.7 Å². The predicted octanol–water partition coefficient (Wildman–Crippen LogP) is -0.998. The number of nitrogens with two attached hydrogens (primary N) is 1. The molecule has 1 aromatic carbocycles. The van der Waals surface area contributed by atoms with Gasteiger partial charge in [0.2, 0.25) is 17.7 Å². The molecule has 0 bridgehead atoms. The van der Waals surface area contributed by atoms with Crippen LogP contribution in [0.15, 0.2) is 30.3 Å². The van der Waals surface area contributed by atoms with E-state index in [1.54, 1.807) is 24.3 Å². The summed E-state index contributed by atoms with van der Waals surface area (Å²) < 4.78 is 0. The number of carboxylic acid groups (broad SMARTS) is 1. The van der Waals surface area contributed by atoms with Gasteiger partial charge in [-0.2, -0.15) is 0 Å². The van der Waals surface area contributed by atoms with E-state index in [0.29, 0.717) is 12.8 Å². The van der Waals surface area contributed by atoms with Crippen LogP contribution in [0, 0.1) is 0 Å². The van der Waals surface area contributed by atoms with Crippen LogP contribution in [0.25, 0.3) is 0 Å². The first kappa shape index (κ1) is 24.3. The Morgan fingerprint density at radius 2 is 1.77 bits per heavy atom. The SMILES string of the molecule is CC(N)C(=O)NC(C(=O)NC(Cc1ccccc1)C(=O)N1CCCC1C(=O)O)C(C)O. The predicted molar refractivity (Wildman–Crippen MR) is 112 cm³/mol. The van der Waals surface area contributed by atoms with E-state index in [1.807, 2.05) is 6.07 Å². The number of hydrogen-bond acceptors (Lipinski definition) is 6. The molecule has 5 unspecified atom stereocenters. The number of carbonyl (C=O) groups is 4. The fourth-order valence-electron chi connectivity index (χ4n) is 3.49. The second kappa shape index (κ2) is 10.9. The van der Waals surface area contributed by atoms with Gasteiger partial charge in [-0.25, -0.2) is 4.79 Å². The maximum Gasteiger partial charge on any atom is 0.326 e. The molecule has 6 N–H and O–H groups in total. The molecule has 1 aliphatic rings. The Labute approximate surface area is 180 Å². The lowest BCUT2D eigenvalue weighted by Gasteiger charge is -2.29. The van der Waals surface area contributed by atoms with Crippen LogP contribution < -0.4 is 16.4 Å². The highest BCUT2D eigenvalue weighted by Gasteiger charge is 2.38. The van der Waals surface area contributed by atoms with Crippen molar-refractivity contribution >= 4 is 23.7 Å². The highest BCUT2D eigenvalue weighted by atomic mass is 16.4. The zero-order valence-electron chi connectivity index (χ0n) is 17.7. The molecule has 0 aromatic heterocycles. The van der Waals surface area contributed by atoms with Gasteiger partial charge in [0.15, 0.2) is 0 Å². The Balaban J connectivity index is 2.25. The van der Waals surface area contributed by atoms with Gasteiger partial charge in [0.05, 0.1) is 12.1 Å². The second-order valence-electron chi connectivity index (χ2n) is 7.79. The summed E-state index contributed by atoms with van der Waals surface area (Å²) in [5.74, 6) is -3.01. The largest absolute Gasteiger partial charge is 0.480 e. The zero-order chi connectivity index (χ0) is 23.1. The molecule has 1 saturated heterocycles. The smallest absolute Gasteiger partial charge is 0.326 e. The topological polar surface area (TPSA) is 162 Å². The standard InChI is InChI=1S/C21H30N4O6/c1-12(22)18(27)24-17(13(2)26)19(28)23-15(11-14-7-4-3-5-8-14)20(29)25-10-6-9-16(25)21(30)31/h3-5,7-8,12-13,15-17,26H,6,9-11,22H2,1-2H3,(H,23,28)(H,24,27)(H,30,31). The molecule has 0 aliphatic carbocycles. The summed E-state index contributed by atoms with van der Waals surface area (Å²) in [7, 11) is 0. The Morgan fingerprint density at radius 3 is 2.32 bits per heavy atom. The Bertz CT molecular complexity index is 798. The fourth-order valence-corrected chi connectivity index (χ4v) is 3.49. The van der Waals surface area contributed by atoms with Gasteiger partial charge in [-0.1, -0.05) is 30.3 Å². The van der Waals surface area contributed by atoms with Gasteiger partial charge in [-0.05, 0) is 32.3 Å². The van der Waals surface area contributed by atoms with E-state index in [2.05, 4.69) is 10.6 Å². The highest BCUT2D eigenvalue weighted by Crippen LogP contribution is 2.19. The Morgan fingerprint density at radius 1 is 1.13 bits per heavy atom. The van der Waals surface area contributed by atoms with Gasteiger partial charge in [-0.3, -0.25) is 14.4 Å². The maximum atomic E-state index is 13.2. The third-order valence-corrected chi connectivity index (χ3v) is 5.19. The molecule has 2 rings (SSSR count). The molecular formula is C21H30N4O6. The number of nitrogens with zero attached hydrogens (tertiary/aromatic N) is 1. The van der Waals surface area contributed by atoms with Gasteiger partial charge in [0.25, 0.3) is 0 Å². The number of aliphatic hydroxyl groups is 1. The lowest BCUT2D eigenvalue weighted by molar-refractivity contribution is -0.149. The Hall–Kier alpha value is -2.98. The van der Waals surface area contributed by atoms with E-state index < -0.39 is 54.0 Å². The molecule has 1 aliphatic heterocycles. The molecule has 1 aromatic rings. The summed E-state index contributed by atoms with van der Waals surface area (Å²) in [4.78, 5) is 50.8. The molecule has 10 heteroatoms. The Kier molecular flexibility index (Phi) is 8.52. The molecule has 170 valence electrons. The van der Waals surface area contributed by atoms with Crippen molar-refractivity contribution in [3.05, 3.63) is 35.9 Å². The molecule has 0 radical (unpaired) electrons. The van der Waals surface area contributed by atoms with Gasteiger partial charge >= 0.3 is 5.97 Å². The van der Waals surface area contributed by atoms with Crippen LogP contribution >= 0.6 is 0 Å². The number of benzene rings is 1. The number of carbonyl (C=O) groups excluding carboxylic acids is 3. The van der Waals surface area contributed by atoms with Gasteiger partial charge in [0.1, 0.15) is 18.1 Å². The first-order valence-electron chi connectivity index (χ1n) is 10.2. The van der Waals surface area contributed by atoms with Crippen molar-refractivity contribution in [3.63, 3.8) is 0 Å². The summed E-state index contributed by atoms with van der Waals surface area (Å²) >= 11 is 0. The normalized spacial score (nSPS) is 19.7. The van der Waals surface area contributed by atoms with Crippen LogP contribution in [0.1, 0.15) is 32.3 Å². The third kappa shape index (κ3) is 6.50. The van der Waals surface area contributed by atoms with Crippen molar-refractivity contribution in [2.75, 3.05) is 6.54 Å². The van der Waals surface area contributed by atoms with Gasteiger partial charge in [0, 0.05) is 13.0 Å². The molecule has 31 heavy (non-hydrogen) atoms. The van der Waals surface area contributed by atoms with E-state index in [0.717, 1.165) is 5.56 Å². The van der Waals surface area contributed by atoms with E-state index in [4.69, 9.17) is 5.73 Å². The summed E-state index contributed by atoms with van der Waals surface area (Å²) in [6.07, 6.45) is -0.223. The van der Waals surface area contributed by atoms with E-state index in [9.17, 15) is 29.4 Å². The van der Waals surface area contributed by atoms with E-state index in [-0.39, 0.29) is 13.0 Å². The minimum absolute atomic E-state index is 0.127. The fraction of sp³-hybridized carbons (Fsp3) is 0.524. The number of aliphatic carboxylic acids is 1. The van der Waals surface area contributed by atoms with Crippen LogP contribution in [0.2, 0.25) is 0 Å². The molecule has 0 saturated carbocycles. The van der Waals surface area contributed by atoms with Crippen molar-refractivity contribution in [1.82, 2.24) is 15.5 Å². The number of likely N-dealkylation sites (tertiary alicyclic amines) is 1. The van der Waals surface area contributed by atoms with Gasteiger partial charge < -0.3 is 31.5 Å². The van der Waals surface area contributed by atoms with Crippen molar-refractivity contribution in [1.29, 1.82) is 0 Å². The summed E-state index contributed by atoms with van der Waals surface area (Å²) in [5.41, 5.74) is 6.29. The van der Waals surface area contributed by atoms with E-state index >= 15 is 0 Å². The van der Waals surface area contributed by atoms with Crippen LogP contribution in [0.3, 0.4) is 0 Å². The lowest BCUT2D eigenvalue weighted by atomic mass is 10.0. The third-order valence-electron chi connectivity index (χ3n) is 5.19. The molecule has 3 amide bonds. The summed E-state index contributed by atoms with van der Waals surface area (Å²) in [6.45, 7) is 3.05. The van der Waals surface area contributed by atoms with Gasteiger partial charge in [-0.15, -0.1) is 0 Å².